The monoisotopic (exact) mass is 362 g/mol. The van der Waals surface area contributed by atoms with E-state index in [1.807, 2.05) is 5.32 Å². The zero-order valence-electron chi connectivity index (χ0n) is 13.3. The highest BCUT2D eigenvalue weighted by atomic mass is 19.4. The number of rotatable bonds is 5. The van der Waals surface area contributed by atoms with E-state index in [9.17, 15) is 18.0 Å². The molecule has 0 bridgehead atoms. The summed E-state index contributed by atoms with van der Waals surface area (Å²) < 4.78 is 41.4. The van der Waals surface area contributed by atoms with Crippen molar-refractivity contribution in [2.45, 2.75) is 18.8 Å². The van der Waals surface area contributed by atoms with Crippen molar-refractivity contribution >= 4 is 5.91 Å². The molecule has 0 fully saturated rings. The number of hydrogen-bond acceptors (Lipinski definition) is 5. The van der Waals surface area contributed by atoms with Gasteiger partial charge in [-0.15, -0.1) is 5.10 Å². The molecule has 0 saturated carbocycles. The minimum absolute atomic E-state index is 0.114. The van der Waals surface area contributed by atoms with Crippen LogP contribution in [0.5, 0.6) is 0 Å². The number of carbonyl (C=O) groups excluding carboxylic acids is 1. The molecule has 1 atom stereocenters. The van der Waals surface area contributed by atoms with Crippen LogP contribution in [0.4, 0.5) is 13.2 Å². The lowest BCUT2D eigenvalue weighted by atomic mass is 10.1. The number of hydrogen-bond donors (Lipinski definition) is 1. The first-order chi connectivity index (χ1) is 12.4. The lowest BCUT2D eigenvalue weighted by Gasteiger charge is -2.21. The van der Waals surface area contributed by atoms with E-state index in [4.69, 9.17) is 0 Å². The minimum atomic E-state index is -4.64. The van der Waals surface area contributed by atoms with Crippen LogP contribution in [-0.4, -0.2) is 37.3 Å². The fourth-order valence-corrected chi connectivity index (χ4v) is 2.32. The molecule has 26 heavy (non-hydrogen) atoms. The molecule has 2 heterocycles. The summed E-state index contributed by atoms with van der Waals surface area (Å²) >= 11 is 0. The predicted molar refractivity (Wildman–Crippen MR) is 83.9 cm³/mol. The number of benzene rings is 1. The number of halogens is 3. The van der Waals surface area contributed by atoms with Crippen LogP contribution >= 0.6 is 0 Å². The second kappa shape index (κ2) is 7.30. The molecule has 2 aromatic heterocycles. The first-order valence-corrected chi connectivity index (χ1v) is 7.51. The van der Waals surface area contributed by atoms with E-state index in [-0.39, 0.29) is 11.1 Å². The van der Waals surface area contributed by atoms with Crippen LogP contribution < -0.4 is 5.32 Å². The summed E-state index contributed by atoms with van der Waals surface area (Å²) in [6.45, 7) is 0.385. The normalized spacial score (nSPS) is 12.6. The summed E-state index contributed by atoms with van der Waals surface area (Å²) in [7, 11) is 0. The van der Waals surface area contributed by atoms with Crippen LogP contribution in [0, 0.1) is 0 Å². The number of aromatic nitrogens is 5. The van der Waals surface area contributed by atoms with Gasteiger partial charge in [-0.05, 0) is 34.2 Å². The van der Waals surface area contributed by atoms with Crippen LogP contribution in [0.15, 0.2) is 55.1 Å². The van der Waals surface area contributed by atoms with Crippen LogP contribution in [-0.2, 0) is 6.54 Å². The van der Waals surface area contributed by atoms with Crippen LogP contribution in [0.25, 0.3) is 0 Å². The van der Waals surface area contributed by atoms with Gasteiger partial charge in [-0.1, -0.05) is 18.2 Å². The Morgan fingerprint density at radius 2 is 1.96 bits per heavy atom. The number of amides is 1. The van der Waals surface area contributed by atoms with E-state index in [2.05, 4.69) is 20.5 Å². The summed E-state index contributed by atoms with van der Waals surface area (Å²) in [5, 5.41) is 12.7. The number of carbonyl (C=O) groups is 1. The molecule has 1 unspecified atom stereocenters. The number of pyridine rings is 1. The molecule has 1 amide bonds. The van der Waals surface area contributed by atoms with E-state index >= 15 is 0 Å². The molecule has 1 N–H and O–H groups in total. The van der Waals surface area contributed by atoms with Gasteiger partial charge >= 0.3 is 6.18 Å². The van der Waals surface area contributed by atoms with Crippen molar-refractivity contribution in [2.24, 2.45) is 0 Å². The fraction of sp³-hybridized carbons (Fsp3) is 0.188. The van der Waals surface area contributed by atoms with Gasteiger partial charge in [-0.25, -0.2) is 4.68 Å². The molecule has 3 aromatic rings. The topological polar surface area (TPSA) is 85.6 Å². The second-order valence-electron chi connectivity index (χ2n) is 5.44. The number of nitrogens with zero attached hydrogens (tertiary/aromatic N) is 5. The standard InChI is InChI=1S/C16H13F3N6O/c17-16(18,19)14(13-2-1-7-20-8-13)22-15(26)12-5-3-11(4-6-12)9-25-10-21-23-24-25/h1-8,10,14H,9H2,(H,22,26). The van der Waals surface area contributed by atoms with Crippen molar-refractivity contribution in [3.8, 4) is 0 Å². The van der Waals surface area contributed by atoms with Crippen molar-refractivity contribution in [3.63, 3.8) is 0 Å². The van der Waals surface area contributed by atoms with Gasteiger partial charge in [0.2, 0.25) is 0 Å². The average Bonchev–Trinajstić information content (AvgIpc) is 3.13. The molecule has 0 aliphatic carbocycles. The van der Waals surface area contributed by atoms with Crippen LogP contribution in [0.1, 0.15) is 27.5 Å². The Morgan fingerprint density at radius 1 is 1.19 bits per heavy atom. The quantitative estimate of drug-likeness (QED) is 0.752. The Kier molecular flexibility index (Phi) is 4.92. The number of tetrazole rings is 1. The Labute approximate surface area is 145 Å². The lowest BCUT2D eigenvalue weighted by molar-refractivity contribution is -0.155. The molecule has 0 aliphatic rings. The van der Waals surface area contributed by atoms with Gasteiger partial charge in [0.1, 0.15) is 6.33 Å². The smallest absolute Gasteiger partial charge is 0.337 e. The van der Waals surface area contributed by atoms with E-state index < -0.39 is 18.1 Å². The SMILES string of the molecule is O=C(NC(c1cccnc1)C(F)(F)F)c1ccc(Cn2cnnn2)cc1. The zero-order chi connectivity index (χ0) is 18.6. The Hall–Kier alpha value is -3.30. The first-order valence-electron chi connectivity index (χ1n) is 7.51. The average molecular weight is 362 g/mol. The molecular formula is C16H13F3N6O. The van der Waals surface area contributed by atoms with Gasteiger partial charge < -0.3 is 5.32 Å². The summed E-state index contributed by atoms with van der Waals surface area (Å²) in [6.07, 6.45) is -0.767. The van der Waals surface area contributed by atoms with Gasteiger partial charge in [0.25, 0.3) is 5.91 Å². The van der Waals surface area contributed by atoms with Crippen molar-refractivity contribution in [2.75, 3.05) is 0 Å². The Balaban J connectivity index is 1.73. The highest BCUT2D eigenvalue weighted by Crippen LogP contribution is 2.32. The van der Waals surface area contributed by atoms with E-state index in [1.54, 1.807) is 12.1 Å². The fourth-order valence-electron chi connectivity index (χ4n) is 2.32. The summed E-state index contributed by atoms with van der Waals surface area (Å²) in [5.41, 5.74) is 0.778. The lowest BCUT2D eigenvalue weighted by Crippen LogP contribution is -2.38. The largest absolute Gasteiger partial charge is 0.412 e. The van der Waals surface area contributed by atoms with Gasteiger partial charge in [-0.2, -0.15) is 13.2 Å². The summed E-state index contributed by atoms with van der Waals surface area (Å²) in [4.78, 5) is 15.9. The third-order valence-electron chi connectivity index (χ3n) is 3.57. The van der Waals surface area contributed by atoms with E-state index in [0.29, 0.717) is 6.54 Å². The molecule has 0 radical (unpaired) electrons. The van der Waals surface area contributed by atoms with Crippen molar-refractivity contribution in [1.29, 1.82) is 0 Å². The highest BCUT2D eigenvalue weighted by molar-refractivity contribution is 5.94. The molecule has 7 nitrogen and oxygen atoms in total. The van der Waals surface area contributed by atoms with Crippen LogP contribution in [0.2, 0.25) is 0 Å². The Bertz CT molecular complexity index is 850. The number of alkyl halides is 3. The second-order valence-corrected chi connectivity index (χ2v) is 5.44. The third-order valence-corrected chi connectivity index (χ3v) is 3.57. The molecule has 0 spiro atoms. The zero-order valence-corrected chi connectivity index (χ0v) is 13.3. The van der Waals surface area contributed by atoms with E-state index in [0.717, 1.165) is 11.8 Å². The number of nitrogens with one attached hydrogen (secondary N) is 1. The molecule has 134 valence electrons. The van der Waals surface area contributed by atoms with Crippen molar-refractivity contribution in [3.05, 3.63) is 71.8 Å². The van der Waals surface area contributed by atoms with Crippen LogP contribution in [0.3, 0.4) is 0 Å². The van der Waals surface area contributed by atoms with Crippen molar-refractivity contribution < 1.29 is 18.0 Å². The molecule has 10 heteroatoms. The van der Waals surface area contributed by atoms with Gasteiger partial charge in [0.15, 0.2) is 6.04 Å². The van der Waals surface area contributed by atoms with Crippen molar-refractivity contribution in [1.82, 2.24) is 30.5 Å². The predicted octanol–water partition coefficient (Wildman–Crippen LogP) is 2.15. The molecule has 1 aromatic carbocycles. The maximum Gasteiger partial charge on any atom is 0.412 e. The maximum absolute atomic E-state index is 13.3. The maximum atomic E-state index is 13.3. The van der Waals surface area contributed by atoms with Gasteiger partial charge in [0.05, 0.1) is 6.54 Å². The summed E-state index contributed by atoms with van der Waals surface area (Å²) in [5.74, 6) is -0.829. The Morgan fingerprint density at radius 3 is 2.54 bits per heavy atom. The minimum Gasteiger partial charge on any atom is -0.337 e. The van der Waals surface area contributed by atoms with E-state index in [1.165, 1.54) is 41.5 Å². The van der Waals surface area contributed by atoms with Gasteiger partial charge in [-0.3, -0.25) is 9.78 Å². The van der Waals surface area contributed by atoms with Gasteiger partial charge in [0, 0.05) is 23.5 Å². The summed E-state index contributed by atoms with van der Waals surface area (Å²) in [6, 6.07) is 6.67. The molecule has 3 rings (SSSR count). The first kappa shape index (κ1) is 17.5. The molecule has 0 aliphatic heterocycles. The third kappa shape index (κ3) is 4.21. The molecular weight excluding hydrogens is 349 g/mol. The highest BCUT2D eigenvalue weighted by Gasteiger charge is 2.42. The molecule has 0 saturated heterocycles.